The Bertz CT molecular complexity index is 396. The van der Waals surface area contributed by atoms with Crippen LogP contribution in [0, 0.1) is 11.3 Å². The fraction of sp³-hybridized carbons (Fsp3) is 0.643. The summed E-state index contributed by atoms with van der Waals surface area (Å²) >= 11 is 3.75. The number of hydrogen-bond donors (Lipinski definition) is 1. The minimum absolute atomic E-state index is 0.275. The van der Waals surface area contributed by atoms with Crippen LogP contribution >= 0.6 is 23.1 Å². The molecule has 1 aliphatic carbocycles. The molecule has 1 aliphatic rings. The number of rotatable bonds is 5. The van der Waals surface area contributed by atoms with Gasteiger partial charge < -0.3 is 0 Å². The molecule has 0 aliphatic heterocycles. The average Bonchev–Trinajstić information content (AvgIpc) is 2.90. The van der Waals surface area contributed by atoms with Gasteiger partial charge in [-0.2, -0.15) is 5.26 Å². The highest BCUT2D eigenvalue weighted by molar-refractivity contribution is 8.01. The molecule has 0 aromatic carbocycles. The van der Waals surface area contributed by atoms with Crippen LogP contribution in [-0.4, -0.2) is 17.3 Å². The van der Waals surface area contributed by atoms with E-state index < -0.39 is 0 Å². The molecule has 2 rings (SSSR count). The predicted octanol–water partition coefficient (Wildman–Crippen LogP) is 4.04. The van der Waals surface area contributed by atoms with Crippen molar-refractivity contribution in [2.24, 2.45) is 0 Å². The maximum Gasteiger partial charge on any atom is 0.107 e. The Morgan fingerprint density at radius 1 is 1.67 bits per heavy atom. The maximum atomic E-state index is 9.49. The lowest BCUT2D eigenvalue weighted by Gasteiger charge is -2.36. The Hall–Kier alpha value is -0.500. The first kappa shape index (κ1) is 13.9. The van der Waals surface area contributed by atoms with Gasteiger partial charge in [0.1, 0.15) is 5.54 Å². The summed E-state index contributed by atoms with van der Waals surface area (Å²) in [6.07, 6.45) is 5.47. The van der Waals surface area contributed by atoms with Gasteiger partial charge >= 0.3 is 0 Å². The van der Waals surface area contributed by atoms with E-state index in [1.54, 1.807) is 11.3 Å². The SMILES string of the molecule is CCCNC1(C#N)CCCC(Sc2cccs2)C1. The van der Waals surface area contributed by atoms with Crippen molar-refractivity contribution in [1.29, 1.82) is 5.26 Å². The van der Waals surface area contributed by atoms with E-state index in [0.29, 0.717) is 5.25 Å². The van der Waals surface area contributed by atoms with Crippen molar-refractivity contribution in [1.82, 2.24) is 5.32 Å². The normalized spacial score (nSPS) is 27.9. The quantitative estimate of drug-likeness (QED) is 0.884. The second-order valence-corrected chi connectivity index (χ2v) is 7.44. The molecule has 18 heavy (non-hydrogen) atoms. The van der Waals surface area contributed by atoms with Crippen molar-refractivity contribution >= 4 is 23.1 Å². The first-order valence-electron chi connectivity index (χ1n) is 6.64. The van der Waals surface area contributed by atoms with E-state index >= 15 is 0 Å². The Labute approximate surface area is 118 Å². The summed E-state index contributed by atoms with van der Waals surface area (Å²) in [5.74, 6) is 0. The van der Waals surface area contributed by atoms with Crippen molar-refractivity contribution in [2.45, 2.75) is 54.0 Å². The molecule has 2 unspecified atom stereocenters. The maximum absolute atomic E-state index is 9.49. The zero-order valence-corrected chi connectivity index (χ0v) is 12.4. The number of hydrogen-bond acceptors (Lipinski definition) is 4. The summed E-state index contributed by atoms with van der Waals surface area (Å²) in [4.78, 5) is 0. The number of nitriles is 1. The van der Waals surface area contributed by atoms with E-state index in [1.807, 2.05) is 11.8 Å². The van der Waals surface area contributed by atoms with Crippen LogP contribution < -0.4 is 5.32 Å². The third-order valence-corrected chi connectivity index (χ3v) is 5.75. The van der Waals surface area contributed by atoms with Gasteiger partial charge in [0.05, 0.1) is 10.3 Å². The predicted molar refractivity (Wildman–Crippen MR) is 79.1 cm³/mol. The Morgan fingerprint density at radius 3 is 3.22 bits per heavy atom. The summed E-state index contributed by atoms with van der Waals surface area (Å²) in [7, 11) is 0. The highest BCUT2D eigenvalue weighted by atomic mass is 32.2. The van der Waals surface area contributed by atoms with Gasteiger partial charge in [-0.3, -0.25) is 5.32 Å². The molecule has 0 bridgehead atoms. The van der Waals surface area contributed by atoms with Crippen LogP contribution in [0.4, 0.5) is 0 Å². The first-order chi connectivity index (χ1) is 8.78. The van der Waals surface area contributed by atoms with Crippen molar-refractivity contribution in [3.63, 3.8) is 0 Å². The molecule has 0 radical (unpaired) electrons. The molecule has 98 valence electrons. The van der Waals surface area contributed by atoms with Crippen molar-refractivity contribution in [3.05, 3.63) is 17.5 Å². The third-order valence-electron chi connectivity index (χ3n) is 3.41. The number of thioether (sulfide) groups is 1. The Morgan fingerprint density at radius 2 is 2.56 bits per heavy atom. The van der Waals surface area contributed by atoms with Gasteiger partial charge in [0.25, 0.3) is 0 Å². The third kappa shape index (κ3) is 3.50. The van der Waals surface area contributed by atoms with Crippen molar-refractivity contribution in [3.8, 4) is 6.07 Å². The van der Waals surface area contributed by atoms with E-state index in [2.05, 4.69) is 35.8 Å². The lowest BCUT2D eigenvalue weighted by Crippen LogP contribution is -2.48. The van der Waals surface area contributed by atoms with Crippen molar-refractivity contribution in [2.75, 3.05) is 6.54 Å². The van der Waals surface area contributed by atoms with Gasteiger partial charge in [0.15, 0.2) is 0 Å². The molecule has 1 N–H and O–H groups in total. The second kappa shape index (κ2) is 6.60. The smallest absolute Gasteiger partial charge is 0.107 e. The zero-order valence-electron chi connectivity index (χ0n) is 10.8. The zero-order chi connectivity index (χ0) is 12.8. The number of nitrogens with one attached hydrogen (secondary N) is 1. The van der Waals surface area contributed by atoms with Crippen LogP contribution in [0.15, 0.2) is 21.7 Å². The highest BCUT2D eigenvalue weighted by Gasteiger charge is 2.36. The molecule has 0 spiro atoms. The lowest BCUT2D eigenvalue weighted by atomic mass is 9.82. The van der Waals surface area contributed by atoms with Crippen LogP contribution in [0.3, 0.4) is 0 Å². The summed E-state index contributed by atoms with van der Waals surface area (Å²) < 4.78 is 1.38. The molecule has 4 heteroatoms. The molecule has 0 amide bonds. The lowest BCUT2D eigenvalue weighted by molar-refractivity contribution is 0.305. The van der Waals surface area contributed by atoms with Gasteiger partial charge in [-0.05, 0) is 50.1 Å². The van der Waals surface area contributed by atoms with Crippen LogP contribution in [-0.2, 0) is 0 Å². The van der Waals surface area contributed by atoms with Gasteiger partial charge in [0, 0.05) is 5.25 Å². The molecule has 0 saturated heterocycles. The minimum Gasteiger partial charge on any atom is -0.299 e. The van der Waals surface area contributed by atoms with E-state index in [1.165, 1.54) is 10.6 Å². The van der Waals surface area contributed by atoms with Crippen LogP contribution in [0.2, 0.25) is 0 Å². The molecule has 2 atom stereocenters. The molecule has 1 aromatic heterocycles. The monoisotopic (exact) mass is 280 g/mol. The molecule has 1 fully saturated rings. The fourth-order valence-electron chi connectivity index (χ4n) is 2.49. The summed E-state index contributed by atoms with van der Waals surface area (Å²) in [5.41, 5.74) is -0.275. The van der Waals surface area contributed by atoms with E-state index in [-0.39, 0.29) is 5.54 Å². The van der Waals surface area contributed by atoms with Crippen LogP contribution in [0.1, 0.15) is 39.0 Å². The number of thiophene rings is 1. The van der Waals surface area contributed by atoms with Gasteiger partial charge in [-0.25, -0.2) is 0 Å². The minimum atomic E-state index is -0.275. The van der Waals surface area contributed by atoms with E-state index in [4.69, 9.17) is 0 Å². The van der Waals surface area contributed by atoms with E-state index in [0.717, 1.165) is 32.2 Å². The highest BCUT2D eigenvalue weighted by Crippen LogP contribution is 2.39. The van der Waals surface area contributed by atoms with Gasteiger partial charge in [-0.1, -0.05) is 13.0 Å². The molecule has 2 nitrogen and oxygen atoms in total. The summed E-state index contributed by atoms with van der Waals surface area (Å²) in [6, 6.07) is 6.82. The van der Waals surface area contributed by atoms with Crippen LogP contribution in [0.5, 0.6) is 0 Å². The summed E-state index contributed by atoms with van der Waals surface area (Å²) in [6.45, 7) is 3.10. The molecule has 1 heterocycles. The summed E-state index contributed by atoms with van der Waals surface area (Å²) in [5, 5.41) is 15.7. The topological polar surface area (TPSA) is 35.8 Å². The second-order valence-electron chi connectivity index (χ2n) is 4.89. The first-order valence-corrected chi connectivity index (χ1v) is 8.40. The average molecular weight is 280 g/mol. The van der Waals surface area contributed by atoms with Gasteiger partial charge in [0.2, 0.25) is 0 Å². The van der Waals surface area contributed by atoms with Crippen molar-refractivity contribution < 1.29 is 0 Å². The Balaban J connectivity index is 1.96. The molecule has 1 aromatic rings. The molecule has 1 saturated carbocycles. The van der Waals surface area contributed by atoms with E-state index in [9.17, 15) is 5.26 Å². The molecular formula is C14H20N2S2. The largest absolute Gasteiger partial charge is 0.299 e. The van der Waals surface area contributed by atoms with Crippen LogP contribution in [0.25, 0.3) is 0 Å². The standard InChI is InChI=1S/C14H20N2S2/c1-2-8-16-14(11-15)7-3-5-12(10-14)18-13-6-4-9-17-13/h4,6,9,12,16H,2-3,5,7-8,10H2,1H3. The molecular weight excluding hydrogens is 260 g/mol. The Kier molecular flexibility index (Phi) is 5.11. The fourth-order valence-corrected chi connectivity index (χ4v) is 4.87. The number of nitrogens with zero attached hydrogens (tertiary/aromatic N) is 1. The van der Waals surface area contributed by atoms with Gasteiger partial charge in [-0.15, -0.1) is 23.1 Å².